The Morgan fingerprint density at radius 3 is 2.85 bits per heavy atom. The van der Waals surface area contributed by atoms with E-state index in [1.54, 1.807) is 18.5 Å². The zero-order valence-electron chi connectivity index (χ0n) is 14.9. The van der Waals surface area contributed by atoms with E-state index < -0.39 is 5.97 Å². The molecule has 7 nitrogen and oxygen atoms in total. The van der Waals surface area contributed by atoms with Crippen LogP contribution in [0.1, 0.15) is 40.6 Å². The van der Waals surface area contributed by atoms with E-state index >= 15 is 0 Å². The number of anilines is 1. The highest BCUT2D eigenvalue weighted by Crippen LogP contribution is 2.29. The van der Waals surface area contributed by atoms with Crippen LogP contribution in [0.15, 0.2) is 55.1 Å². The van der Waals surface area contributed by atoms with E-state index in [9.17, 15) is 9.90 Å². The zero-order chi connectivity index (χ0) is 18.6. The summed E-state index contributed by atoms with van der Waals surface area (Å²) in [5.74, 6) is 1.06. The molecule has 0 bridgehead atoms. The van der Waals surface area contributed by atoms with E-state index in [1.807, 2.05) is 30.6 Å². The number of carboxylic acids is 1. The van der Waals surface area contributed by atoms with Crippen LogP contribution in [0.25, 0.3) is 0 Å². The molecule has 0 aliphatic carbocycles. The summed E-state index contributed by atoms with van der Waals surface area (Å²) in [7, 11) is 0. The van der Waals surface area contributed by atoms with Crippen molar-refractivity contribution >= 4 is 11.8 Å². The van der Waals surface area contributed by atoms with Crippen LogP contribution in [0.4, 0.5) is 5.82 Å². The van der Waals surface area contributed by atoms with E-state index in [0.717, 1.165) is 38.3 Å². The van der Waals surface area contributed by atoms with Crippen LogP contribution in [0.2, 0.25) is 0 Å². The molecule has 4 heterocycles. The van der Waals surface area contributed by atoms with Gasteiger partial charge in [-0.3, -0.25) is 4.98 Å². The summed E-state index contributed by atoms with van der Waals surface area (Å²) < 4.78 is 2.19. The summed E-state index contributed by atoms with van der Waals surface area (Å²) in [5, 5.41) is 9.19. The number of piperidine rings is 1. The fourth-order valence-electron chi connectivity index (χ4n) is 3.61. The Morgan fingerprint density at radius 2 is 2.04 bits per heavy atom. The van der Waals surface area contributed by atoms with Crippen molar-refractivity contribution in [1.82, 2.24) is 19.5 Å². The Morgan fingerprint density at radius 1 is 1.19 bits per heavy atom. The number of imidazole rings is 1. The third-order valence-electron chi connectivity index (χ3n) is 4.91. The lowest BCUT2D eigenvalue weighted by Crippen LogP contribution is -2.36. The third kappa shape index (κ3) is 3.81. The number of hydrogen-bond acceptors (Lipinski definition) is 5. The molecule has 0 unspecified atom stereocenters. The molecule has 0 saturated carbocycles. The molecule has 1 N–H and O–H groups in total. The monoisotopic (exact) mass is 363 g/mol. The molecular formula is C20H21N5O2. The quantitative estimate of drug-likeness (QED) is 0.750. The molecule has 1 saturated heterocycles. The van der Waals surface area contributed by atoms with Gasteiger partial charge in [-0.15, -0.1) is 0 Å². The zero-order valence-corrected chi connectivity index (χ0v) is 14.9. The second kappa shape index (κ2) is 7.57. The second-order valence-corrected chi connectivity index (χ2v) is 6.74. The summed E-state index contributed by atoms with van der Waals surface area (Å²) in [4.78, 5) is 26.3. The highest BCUT2D eigenvalue weighted by Gasteiger charge is 2.26. The number of hydrogen-bond donors (Lipinski definition) is 1. The van der Waals surface area contributed by atoms with Crippen LogP contribution in [-0.4, -0.2) is 43.7 Å². The molecule has 1 aliphatic heterocycles. The first kappa shape index (κ1) is 17.2. The summed E-state index contributed by atoms with van der Waals surface area (Å²) in [6.07, 6.45) is 9.54. The first-order chi connectivity index (χ1) is 13.2. The topological polar surface area (TPSA) is 84.1 Å². The maximum Gasteiger partial charge on any atom is 0.354 e. The molecule has 3 aromatic rings. The minimum atomic E-state index is -1.00. The van der Waals surface area contributed by atoms with Gasteiger partial charge in [-0.05, 0) is 42.7 Å². The Labute approximate surface area is 157 Å². The van der Waals surface area contributed by atoms with E-state index in [4.69, 9.17) is 0 Å². The first-order valence-corrected chi connectivity index (χ1v) is 9.06. The molecule has 27 heavy (non-hydrogen) atoms. The van der Waals surface area contributed by atoms with E-state index in [-0.39, 0.29) is 11.6 Å². The largest absolute Gasteiger partial charge is 0.477 e. The number of aromatic carboxylic acids is 1. The molecule has 1 aliphatic rings. The number of nitrogens with zero attached hydrogens (tertiary/aromatic N) is 5. The van der Waals surface area contributed by atoms with Crippen LogP contribution in [-0.2, 0) is 6.54 Å². The summed E-state index contributed by atoms with van der Waals surface area (Å²) in [5.41, 5.74) is 1.27. The molecule has 1 fully saturated rings. The molecule has 7 heteroatoms. The Hall–Kier alpha value is -3.22. The minimum absolute atomic E-state index is 0.0776. The summed E-state index contributed by atoms with van der Waals surface area (Å²) in [6.45, 7) is 2.42. The molecular weight excluding hydrogens is 342 g/mol. The number of carboxylic acid groups (broad SMARTS) is 1. The number of pyridine rings is 2. The average molecular weight is 363 g/mol. The standard InChI is InChI=1S/C20H21N5O2/c26-20(27)17-4-1-5-18(23-17)24-11-2-3-16(14-24)19-22-10-12-25(19)13-15-6-8-21-9-7-15/h1,4-10,12,16H,2-3,11,13-14H2,(H,26,27)/t16-/m0/s1. The van der Waals surface area contributed by atoms with Crippen molar-refractivity contribution in [3.05, 3.63) is 72.2 Å². The summed E-state index contributed by atoms with van der Waals surface area (Å²) in [6, 6.07) is 9.17. The molecule has 0 amide bonds. The molecule has 138 valence electrons. The van der Waals surface area contributed by atoms with Crippen molar-refractivity contribution < 1.29 is 9.90 Å². The highest BCUT2D eigenvalue weighted by atomic mass is 16.4. The smallest absolute Gasteiger partial charge is 0.354 e. The van der Waals surface area contributed by atoms with Crippen LogP contribution < -0.4 is 4.90 Å². The Kier molecular flexibility index (Phi) is 4.82. The van der Waals surface area contributed by atoms with Crippen molar-refractivity contribution in [3.8, 4) is 0 Å². The van der Waals surface area contributed by atoms with Gasteiger partial charge in [0.25, 0.3) is 0 Å². The number of aromatic nitrogens is 4. The van der Waals surface area contributed by atoms with Crippen molar-refractivity contribution in [2.24, 2.45) is 0 Å². The maximum atomic E-state index is 11.2. The van der Waals surface area contributed by atoms with Crippen LogP contribution in [0, 0.1) is 0 Å². The fourth-order valence-corrected chi connectivity index (χ4v) is 3.61. The molecule has 0 spiro atoms. The SMILES string of the molecule is O=C(O)c1cccc(N2CCC[C@H](c3nccn3Cc3ccncc3)C2)n1. The predicted octanol–water partition coefficient (Wildman–Crippen LogP) is 2.80. The lowest BCUT2D eigenvalue weighted by Gasteiger charge is -2.33. The Balaban J connectivity index is 1.53. The van der Waals surface area contributed by atoms with Crippen molar-refractivity contribution in [2.75, 3.05) is 18.0 Å². The third-order valence-corrected chi connectivity index (χ3v) is 4.91. The maximum absolute atomic E-state index is 11.2. The summed E-state index contributed by atoms with van der Waals surface area (Å²) >= 11 is 0. The Bertz CT molecular complexity index is 925. The lowest BCUT2D eigenvalue weighted by atomic mass is 9.97. The van der Waals surface area contributed by atoms with Gasteiger partial charge in [0, 0.05) is 50.3 Å². The number of carbonyl (C=O) groups is 1. The predicted molar refractivity (Wildman–Crippen MR) is 101 cm³/mol. The molecule has 4 rings (SSSR count). The second-order valence-electron chi connectivity index (χ2n) is 6.74. The molecule has 0 radical (unpaired) electrons. The van der Waals surface area contributed by atoms with Gasteiger partial charge in [0.1, 0.15) is 11.6 Å². The van der Waals surface area contributed by atoms with E-state index in [2.05, 4.69) is 24.4 Å². The van der Waals surface area contributed by atoms with Gasteiger partial charge < -0.3 is 14.6 Å². The van der Waals surface area contributed by atoms with Crippen LogP contribution >= 0.6 is 0 Å². The highest BCUT2D eigenvalue weighted by molar-refractivity contribution is 5.85. The minimum Gasteiger partial charge on any atom is -0.477 e. The van der Waals surface area contributed by atoms with E-state index in [0.29, 0.717) is 5.82 Å². The molecule has 1 atom stereocenters. The van der Waals surface area contributed by atoms with Gasteiger partial charge in [-0.25, -0.2) is 14.8 Å². The number of rotatable bonds is 5. The van der Waals surface area contributed by atoms with Crippen LogP contribution in [0.5, 0.6) is 0 Å². The fraction of sp³-hybridized carbons (Fsp3) is 0.300. The van der Waals surface area contributed by atoms with E-state index in [1.165, 1.54) is 11.6 Å². The first-order valence-electron chi connectivity index (χ1n) is 9.06. The van der Waals surface area contributed by atoms with Gasteiger partial charge in [0.05, 0.1) is 0 Å². The van der Waals surface area contributed by atoms with Crippen molar-refractivity contribution in [2.45, 2.75) is 25.3 Å². The normalized spacial score (nSPS) is 17.0. The van der Waals surface area contributed by atoms with Gasteiger partial charge in [0.15, 0.2) is 5.69 Å². The molecule has 3 aromatic heterocycles. The van der Waals surface area contributed by atoms with Gasteiger partial charge >= 0.3 is 5.97 Å². The van der Waals surface area contributed by atoms with Gasteiger partial charge in [0.2, 0.25) is 0 Å². The van der Waals surface area contributed by atoms with Gasteiger partial charge in [-0.2, -0.15) is 0 Å². The van der Waals surface area contributed by atoms with Crippen molar-refractivity contribution in [1.29, 1.82) is 0 Å². The van der Waals surface area contributed by atoms with Crippen LogP contribution in [0.3, 0.4) is 0 Å². The molecule has 0 aromatic carbocycles. The van der Waals surface area contributed by atoms with Crippen molar-refractivity contribution in [3.63, 3.8) is 0 Å². The average Bonchev–Trinajstić information content (AvgIpc) is 3.17. The van der Waals surface area contributed by atoms with Gasteiger partial charge in [-0.1, -0.05) is 6.07 Å². The lowest BCUT2D eigenvalue weighted by molar-refractivity contribution is 0.0690.